The molecule has 1 aromatic heterocycles. The van der Waals surface area contributed by atoms with Crippen molar-refractivity contribution >= 4 is 5.91 Å². The Kier molecular flexibility index (Phi) is 6.82. The van der Waals surface area contributed by atoms with Gasteiger partial charge in [-0.15, -0.1) is 0 Å². The highest BCUT2D eigenvalue weighted by Gasteiger charge is 2.25. The van der Waals surface area contributed by atoms with E-state index < -0.39 is 6.10 Å². The average molecular weight is 367 g/mol. The summed E-state index contributed by atoms with van der Waals surface area (Å²) < 4.78 is 5.85. The summed E-state index contributed by atoms with van der Waals surface area (Å²) in [5.41, 5.74) is 2.38. The summed E-state index contributed by atoms with van der Waals surface area (Å²) in [6.45, 7) is 8.25. The predicted octanol–water partition coefficient (Wildman–Crippen LogP) is 2.80. The van der Waals surface area contributed by atoms with Crippen molar-refractivity contribution in [3.63, 3.8) is 0 Å². The number of piperazine rings is 1. The number of aromatic nitrogens is 1. The Bertz CT molecular complexity index is 710. The molecule has 1 saturated heterocycles. The molecule has 1 amide bonds. The van der Waals surface area contributed by atoms with Crippen LogP contribution in [-0.4, -0.2) is 59.5 Å². The minimum absolute atomic E-state index is 0.0685. The molecule has 144 valence electrons. The third-order valence-electron chi connectivity index (χ3n) is 5.09. The van der Waals surface area contributed by atoms with Crippen molar-refractivity contribution in [2.45, 2.75) is 32.8 Å². The lowest BCUT2D eigenvalue weighted by molar-refractivity contribution is -0.139. The Morgan fingerprint density at radius 3 is 2.48 bits per heavy atom. The predicted molar refractivity (Wildman–Crippen MR) is 107 cm³/mol. The number of hydrogen-bond acceptors (Lipinski definition) is 4. The van der Waals surface area contributed by atoms with E-state index in [4.69, 9.17) is 4.74 Å². The number of aryl methyl sites for hydroxylation is 1. The van der Waals surface area contributed by atoms with E-state index >= 15 is 0 Å². The number of carbonyl (C=O) groups is 1. The van der Waals surface area contributed by atoms with Crippen LogP contribution in [0, 0.1) is 0 Å². The maximum Gasteiger partial charge on any atom is 0.263 e. The second-order valence-corrected chi connectivity index (χ2v) is 7.00. The van der Waals surface area contributed by atoms with Gasteiger partial charge in [-0.2, -0.15) is 0 Å². The highest BCUT2D eigenvalue weighted by atomic mass is 16.5. The first-order valence-corrected chi connectivity index (χ1v) is 9.82. The molecule has 1 aliphatic rings. The molecule has 2 aromatic rings. The molecule has 0 bridgehead atoms. The monoisotopic (exact) mass is 367 g/mol. The minimum Gasteiger partial charge on any atom is -0.481 e. The summed E-state index contributed by atoms with van der Waals surface area (Å²) in [6, 6.07) is 14.0. The van der Waals surface area contributed by atoms with Crippen LogP contribution in [0.2, 0.25) is 0 Å². The number of hydrogen-bond donors (Lipinski definition) is 0. The van der Waals surface area contributed by atoms with Gasteiger partial charge >= 0.3 is 0 Å². The van der Waals surface area contributed by atoms with E-state index in [0.29, 0.717) is 0 Å². The molecular formula is C22H29N3O2. The lowest BCUT2D eigenvalue weighted by Crippen LogP contribution is -2.52. The van der Waals surface area contributed by atoms with Crippen LogP contribution in [0.25, 0.3) is 0 Å². The molecule has 5 heteroatoms. The van der Waals surface area contributed by atoms with Gasteiger partial charge in [-0.25, -0.2) is 0 Å². The van der Waals surface area contributed by atoms with Crippen molar-refractivity contribution in [3.05, 3.63) is 59.9 Å². The van der Waals surface area contributed by atoms with Gasteiger partial charge in [0.15, 0.2) is 6.10 Å². The molecule has 0 N–H and O–H groups in total. The molecule has 0 aliphatic carbocycles. The van der Waals surface area contributed by atoms with Crippen LogP contribution in [0.3, 0.4) is 0 Å². The lowest BCUT2D eigenvalue weighted by Gasteiger charge is -2.35. The molecular weight excluding hydrogens is 338 g/mol. The molecule has 3 rings (SSSR count). The van der Waals surface area contributed by atoms with E-state index in [0.717, 1.165) is 57.0 Å². The number of amides is 1. The van der Waals surface area contributed by atoms with Gasteiger partial charge in [0.05, 0.1) is 0 Å². The molecule has 1 unspecified atom stereocenters. The van der Waals surface area contributed by atoms with E-state index in [2.05, 4.69) is 22.9 Å². The van der Waals surface area contributed by atoms with Crippen LogP contribution < -0.4 is 4.74 Å². The fourth-order valence-electron chi connectivity index (χ4n) is 3.33. The Morgan fingerprint density at radius 1 is 1.11 bits per heavy atom. The Hall–Kier alpha value is -2.40. The summed E-state index contributed by atoms with van der Waals surface area (Å²) in [6.07, 6.45) is 3.32. The molecule has 1 aromatic carbocycles. The summed E-state index contributed by atoms with van der Waals surface area (Å²) in [7, 11) is 0. The van der Waals surface area contributed by atoms with Crippen LogP contribution in [0.15, 0.2) is 48.7 Å². The van der Waals surface area contributed by atoms with Gasteiger partial charge in [0.1, 0.15) is 5.75 Å². The van der Waals surface area contributed by atoms with Gasteiger partial charge in [-0.05, 0) is 43.2 Å². The lowest BCUT2D eigenvalue weighted by atomic mass is 10.2. The number of benzene rings is 1. The zero-order valence-corrected chi connectivity index (χ0v) is 16.3. The minimum atomic E-state index is -0.461. The number of rotatable bonds is 7. The second-order valence-electron chi connectivity index (χ2n) is 7.00. The maximum absolute atomic E-state index is 12.7. The van der Waals surface area contributed by atoms with Gasteiger partial charge in [-0.3, -0.25) is 14.7 Å². The maximum atomic E-state index is 12.7. The summed E-state index contributed by atoms with van der Waals surface area (Å²) in [5.74, 6) is 0.820. The zero-order chi connectivity index (χ0) is 19.1. The summed E-state index contributed by atoms with van der Waals surface area (Å²) >= 11 is 0. The summed E-state index contributed by atoms with van der Waals surface area (Å²) in [4.78, 5) is 21.4. The van der Waals surface area contributed by atoms with Crippen molar-refractivity contribution in [2.24, 2.45) is 0 Å². The SMILES string of the molecule is CCc1ccc(OC(C)C(=O)N2CCN(CCc3ccccn3)CC2)cc1. The number of pyridine rings is 1. The van der Waals surface area contributed by atoms with Crippen LogP contribution in [-0.2, 0) is 17.6 Å². The second kappa shape index (κ2) is 9.51. The molecule has 0 spiro atoms. The molecule has 0 radical (unpaired) electrons. The van der Waals surface area contributed by atoms with Crippen LogP contribution in [0.4, 0.5) is 0 Å². The standard InChI is InChI=1S/C22H29N3O2/c1-3-19-7-9-21(10-8-19)27-18(2)22(26)25-16-14-24(15-17-25)13-11-20-6-4-5-12-23-20/h4-10,12,18H,3,11,13-17H2,1-2H3. The van der Waals surface area contributed by atoms with E-state index in [1.54, 1.807) is 0 Å². The van der Waals surface area contributed by atoms with Gasteiger partial charge in [0, 0.05) is 51.0 Å². The average Bonchev–Trinajstić information content (AvgIpc) is 2.73. The van der Waals surface area contributed by atoms with Crippen LogP contribution in [0.5, 0.6) is 5.75 Å². The Balaban J connectivity index is 1.43. The molecule has 1 atom stereocenters. The first kappa shape index (κ1) is 19.4. The van der Waals surface area contributed by atoms with Crippen molar-refractivity contribution < 1.29 is 9.53 Å². The fourth-order valence-corrected chi connectivity index (χ4v) is 3.33. The Morgan fingerprint density at radius 2 is 1.85 bits per heavy atom. The quantitative estimate of drug-likeness (QED) is 0.755. The van der Waals surface area contributed by atoms with E-state index in [9.17, 15) is 4.79 Å². The van der Waals surface area contributed by atoms with Crippen molar-refractivity contribution in [2.75, 3.05) is 32.7 Å². The van der Waals surface area contributed by atoms with Gasteiger partial charge in [0.25, 0.3) is 5.91 Å². The van der Waals surface area contributed by atoms with Crippen molar-refractivity contribution in [1.82, 2.24) is 14.8 Å². The topological polar surface area (TPSA) is 45.7 Å². The van der Waals surface area contributed by atoms with E-state index in [-0.39, 0.29) is 5.91 Å². The van der Waals surface area contributed by atoms with Crippen molar-refractivity contribution in [1.29, 1.82) is 0 Å². The van der Waals surface area contributed by atoms with Crippen LogP contribution >= 0.6 is 0 Å². The van der Waals surface area contributed by atoms with Crippen molar-refractivity contribution in [3.8, 4) is 5.75 Å². The molecule has 27 heavy (non-hydrogen) atoms. The van der Waals surface area contributed by atoms with Gasteiger partial charge in [0.2, 0.25) is 0 Å². The normalized spacial score (nSPS) is 16.1. The molecule has 1 aliphatic heterocycles. The van der Waals surface area contributed by atoms with E-state index in [1.165, 1.54) is 5.56 Å². The molecule has 2 heterocycles. The highest BCUT2D eigenvalue weighted by Crippen LogP contribution is 2.16. The number of nitrogens with zero attached hydrogens (tertiary/aromatic N) is 3. The third-order valence-corrected chi connectivity index (χ3v) is 5.09. The van der Waals surface area contributed by atoms with Crippen LogP contribution in [0.1, 0.15) is 25.1 Å². The smallest absolute Gasteiger partial charge is 0.263 e. The van der Waals surface area contributed by atoms with Gasteiger partial charge in [-0.1, -0.05) is 25.1 Å². The van der Waals surface area contributed by atoms with Gasteiger partial charge < -0.3 is 9.64 Å². The first-order valence-electron chi connectivity index (χ1n) is 9.82. The highest BCUT2D eigenvalue weighted by molar-refractivity contribution is 5.81. The van der Waals surface area contributed by atoms with E-state index in [1.807, 2.05) is 54.4 Å². The molecule has 1 fully saturated rings. The molecule has 0 saturated carbocycles. The number of ether oxygens (including phenoxy) is 1. The fraction of sp³-hybridized carbons (Fsp3) is 0.455. The zero-order valence-electron chi connectivity index (χ0n) is 16.3. The third kappa shape index (κ3) is 5.54. The number of carbonyl (C=O) groups excluding carboxylic acids is 1. The molecule has 5 nitrogen and oxygen atoms in total. The summed E-state index contributed by atoms with van der Waals surface area (Å²) in [5, 5.41) is 0. The Labute approximate surface area is 162 Å². The first-order chi connectivity index (χ1) is 13.2. The largest absolute Gasteiger partial charge is 0.481 e.